The maximum atomic E-state index is 8.72. The summed E-state index contributed by atoms with van der Waals surface area (Å²) in [6, 6.07) is 9.78. The Balaban J connectivity index is 2.28. The van der Waals surface area contributed by atoms with Gasteiger partial charge in [-0.15, -0.1) is 0 Å². The van der Waals surface area contributed by atoms with Gasteiger partial charge in [0.2, 0.25) is 0 Å². The second-order valence-electron chi connectivity index (χ2n) is 3.34. The van der Waals surface area contributed by atoms with Gasteiger partial charge in [-0.25, -0.2) is 0 Å². The van der Waals surface area contributed by atoms with E-state index in [1.54, 1.807) is 7.11 Å². The Hall–Kier alpha value is -1.37. The first kappa shape index (κ1) is 11.7. The second-order valence-corrected chi connectivity index (χ2v) is 3.34. The van der Waals surface area contributed by atoms with Gasteiger partial charge in [0.05, 0.1) is 11.6 Å². The van der Waals surface area contributed by atoms with Gasteiger partial charge in [-0.3, -0.25) is 0 Å². The minimum Gasteiger partial charge on any atom is -0.385 e. The van der Waals surface area contributed by atoms with Gasteiger partial charge in [-0.1, -0.05) is 12.1 Å². The van der Waals surface area contributed by atoms with E-state index >= 15 is 0 Å². The van der Waals surface area contributed by atoms with Crippen LogP contribution in [0, 0.1) is 11.3 Å². The van der Waals surface area contributed by atoms with Gasteiger partial charge >= 0.3 is 0 Å². The molecule has 0 spiro atoms. The maximum Gasteiger partial charge on any atom is 0.0991 e. The molecule has 0 heterocycles. The molecule has 0 atom stereocenters. The van der Waals surface area contributed by atoms with E-state index in [1.807, 2.05) is 24.3 Å². The monoisotopic (exact) mass is 204 g/mol. The number of nitriles is 1. The van der Waals surface area contributed by atoms with Crippen LogP contribution in [0.3, 0.4) is 0 Å². The molecule has 15 heavy (non-hydrogen) atoms. The van der Waals surface area contributed by atoms with Crippen molar-refractivity contribution >= 4 is 0 Å². The Kier molecular flexibility index (Phi) is 5.46. The zero-order valence-corrected chi connectivity index (χ0v) is 8.99. The van der Waals surface area contributed by atoms with Crippen LogP contribution in [0.25, 0.3) is 0 Å². The Labute approximate surface area is 90.7 Å². The van der Waals surface area contributed by atoms with Crippen LogP contribution in [-0.2, 0) is 11.3 Å². The third-order valence-corrected chi connectivity index (χ3v) is 2.09. The highest BCUT2D eigenvalue weighted by atomic mass is 16.5. The molecule has 3 heteroatoms. The number of hydrogen-bond acceptors (Lipinski definition) is 3. The lowest BCUT2D eigenvalue weighted by Gasteiger charge is -2.04. The van der Waals surface area contributed by atoms with Crippen molar-refractivity contribution in [2.45, 2.75) is 13.0 Å². The molecule has 0 aliphatic rings. The summed E-state index contributed by atoms with van der Waals surface area (Å²) in [6.45, 7) is 2.52. The molecule has 80 valence electrons. The Morgan fingerprint density at radius 3 is 3.07 bits per heavy atom. The van der Waals surface area contributed by atoms with Crippen LogP contribution < -0.4 is 5.32 Å². The Bertz CT molecular complexity index is 331. The molecule has 0 unspecified atom stereocenters. The van der Waals surface area contributed by atoms with Crippen LogP contribution in [-0.4, -0.2) is 20.3 Å². The first-order valence-corrected chi connectivity index (χ1v) is 5.05. The summed E-state index contributed by atoms with van der Waals surface area (Å²) in [5.74, 6) is 0. The quantitative estimate of drug-likeness (QED) is 0.717. The fourth-order valence-electron chi connectivity index (χ4n) is 1.33. The van der Waals surface area contributed by atoms with Crippen molar-refractivity contribution in [3.63, 3.8) is 0 Å². The highest BCUT2D eigenvalue weighted by Gasteiger charge is 1.94. The van der Waals surface area contributed by atoms with Gasteiger partial charge < -0.3 is 10.1 Å². The molecular weight excluding hydrogens is 188 g/mol. The van der Waals surface area contributed by atoms with E-state index in [4.69, 9.17) is 10.00 Å². The summed E-state index contributed by atoms with van der Waals surface area (Å²) in [7, 11) is 1.70. The number of nitrogens with one attached hydrogen (secondary N) is 1. The predicted molar refractivity (Wildman–Crippen MR) is 59.4 cm³/mol. The van der Waals surface area contributed by atoms with E-state index in [0.29, 0.717) is 5.56 Å². The van der Waals surface area contributed by atoms with Crippen LogP contribution in [0.1, 0.15) is 17.5 Å². The molecule has 0 radical (unpaired) electrons. The predicted octanol–water partition coefficient (Wildman–Crippen LogP) is 1.68. The third-order valence-electron chi connectivity index (χ3n) is 2.09. The van der Waals surface area contributed by atoms with E-state index in [1.165, 1.54) is 0 Å². The highest BCUT2D eigenvalue weighted by Crippen LogP contribution is 2.03. The number of methoxy groups -OCH3 is 1. The standard InChI is InChI=1S/C12H16N2O/c1-15-7-3-6-14-10-12-5-2-4-11(8-12)9-13/h2,4-5,8,14H,3,6-7,10H2,1H3. The Morgan fingerprint density at radius 1 is 1.47 bits per heavy atom. The second kappa shape index (κ2) is 6.99. The molecule has 3 nitrogen and oxygen atoms in total. The lowest BCUT2D eigenvalue weighted by atomic mass is 10.1. The van der Waals surface area contributed by atoms with E-state index < -0.39 is 0 Å². The van der Waals surface area contributed by atoms with Crippen LogP contribution in [0.5, 0.6) is 0 Å². The van der Waals surface area contributed by atoms with Crippen LogP contribution >= 0.6 is 0 Å². The van der Waals surface area contributed by atoms with Crippen molar-refractivity contribution in [3.8, 4) is 6.07 Å². The summed E-state index contributed by atoms with van der Waals surface area (Å²) in [6.07, 6.45) is 1.01. The van der Waals surface area contributed by atoms with Gasteiger partial charge in [0.15, 0.2) is 0 Å². The van der Waals surface area contributed by atoms with Crippen molar-refractivity contribution in [3.05, 3.63) is 35.4 Å². The van der Waals surface area contributed by atoms with E-state index in [0.717, 1.165) is 31.7 Å². The molecule has 1 aromatic rings. The fraction of sp³-hybridized carbons (Fsp3) is 0.417. The van der Waals surface area contributed by atoms with Gasteiger partial charge in [-0.2, -0.15) is 5.26 Å². The topological polar surface area (TPSA) is 45.0 Å². The van der Waals surface area contributed by atoms with E-state index in [2.05, 4.69) is 11.4 Å². The lowest BCUT2D eigenvalue weighted by Crippen LogP contribution is -2.16. The molecule has 0 amide bonds. The Morgan fingerprint density at radius 2 is 2.33 bits per heavy atom. The molecule has 0 aliphatic heterocycles. The van der Waals surface area contributed by atoms with Gasteiger partial charge in [-0.05, 0) is 30.7 Å². The molecule has 0 bridgehead atoms. The first-order valence-electron chi connectivity index (χ1n) is 5.05. The zero-order valence-electron chi connectivity index (χ0n) is 8.99. The van der Waals surface area contributed by atoms with E-state index in [-0.39, 0.29) is 0 Å². The third kappa shape index (κ3) is 4.59. The minimum absolute atomic E-state index is 0.714. The molecule has 0 aliphatic carbocycles. The number of benzene rings is 1. The van der Waals surface area contributed by atoms with Crippen molar-refractivity contribution in [2.75, 3.05) is 20.3 Å². The molecule has 0 aromatic heterocycles. The molecule has 1 aromatic carbocycles. The van der Waals surface area contributed by atoms with Crippen LogP contribution in [0.2, 0.25) is 0 Å². The minimum atomic E-state index is 0.714. The van der Waals surface area contributed by atoms with Crippen molar-refractivity contribution < 1.29 is 4.74 Å². The summed E-state index contributed by atoms with van der Waals surface area (Å²) in [5, 5.41) is 12.0. The van der Waals surface area contributed by atoms with Crippen molar-refractivity contribution in [2.24, 2.45) is 0 Å². The van der Waals surface area contributed by atoms with Gasteiger partial charge in [0.25, 0.3) is 0 Å². The van der Waals surface area contributed by atoms with Gasteiger partial charge in [0.1, 0.15) is 0 Å². The largest absolute Gasteiger partial charge is 0.385 e. The lowest BCUT2D eigenvalue weighted by molar-refractivity contribution is 0.194. The summed E-state index contributed by atoms with van der Waals surface area (Å²) < 4.78 is 4.95. The summed E-state index contributed by atoms with van der Waals surface area (Å²) in [4.78, 5) is 0. The smallest absolute Gasteiger partial charge is 0.0991 e. The highest BCUT2D eigenvalue weighted by molar-refractivity contribution is 5.32. The average Bonchev–Trinajstić information content (AvgIpc) is 2.29. The zero-order chi connectivity index (χ0) is 10.9. The molecule has 1 N–H and O–H groups in total. The SMILES string of the molecule is COCCCNCc1cccc(C#N)c1. The van der Waals surface area contributed by atoms with Crippen LogP contribution in [0.4, 0.5) is 0 Å². The number of hydrogen-bond donors (Lipinski definition) is 1. The molecular formula is C12H16N2O. The van der Waals surface area contributed by atoms with E-state index in [9.17, 15) is 0 Å². The molecule has 0 saturated heterocycles. The number of rotatable bonds is 6. The van der Waals surface area contributed by atoms with Crippen molar-refractivity contribution in [1.82, 2.24) is 5.32 Å². The number of nitrogens with zero attached hydrogens (tertiary/aromatic N) is 1. The first-order chi connectivity index (χ1) is 7.36. The number of ether oxygens (including phenoxy) is 1. The van der Waals surface area contributed by atoms with Crippen molar-refractivity contribution in [1.29, 1.82) is 5.26 Å². The molecule has 0 saturated carbocycles. The average molecular weight is 204 g/mol. The summed E-state index contributed by atoms with van der Waals surface area (Å²) in [5.41, 5.74) is 1.86. The fourth-order valence-corrected chi connectivity index (χ4v) is 1.33. The van der Waals surface area contributed by atoms with Gasteiger partial charge in [0, 0.05) is 20.3 Å². The molecule has 0 fully saturated rings. The summed E-state index contributed by atoms with van der Waals surface area (Å²) >= 11 is 0. The molecule has 1 rings (SSSR count). The normalized spacial score (nSPS) is 9.87. The maximum absolute atomic E-state index is 8.72. The van der Waals surface area contributed by atoms with Crippen LogP contribution in [0.15, 0.2) is 24.3 Å².